The molecule has 8 nitrogen and oxygen atoms in total. The van der Waals surface area contributed by atoms with Crippen LogP contribution in [-0.2, 0) is 9.53 Å². The van der Waals surface area contributed by atoms with E-state index in [1.165, 1.54) is 42.1 Å². The van der Waals surface area contributed by atoms with Crippen LogP contribution in [0.25, 0.3) is 0 Å². The summed E-state index contributed by atoms with van der Waals surface area (Å²) in [5.74, 6) is -1.60. The van der Waals surface area contributed by atoms with Crippen molar-refractivity contribution in [2.45, 2.75) is 31.7 Å². The van der Waals surface area contributed by atoms with Gasteiger partial charge in [0.15, 0.2) is 12.4 Å². The lowest BCUT2D eigenvalue weighted by Crippen LogP contribution is -2.38. The lowest BCUT2D eigenvalue weighted by molar-refractivity contribution is -0.387. The van der Waals surface area contributed by atoms with Crippen molar-refractivity contribution < 1.29 is 24.0 Å². The number of hydrogen-bond acceptors (Lipinski definition) is 7. The van der Waals surface area contributed by atoms with Crippen molar-refractivity contribution in [2.24, 2.45) is 5.92 Å². The minimum absolute atomic E-state index is 0.0196. The van der Waals surface area contributed by atoms with Gasteiger partial charge >= 0.3 is 5.97 Å². The summed E-state index contributed by atoms with van der Waals surface area (Å²) < 4.78 is 5.08. The summed E-state index contributed by atoms with van der Waals surface area (Å²) >= 11 is 1.20. The van der Waals surface area contributed by atoms with Crippen LogP contribution in [0, 0.1) is 16.0 Å². The van der Waals surface area contributed by atoms with Gasteiger partial charge in [0.2, 0.25) is 0 Å². The highest BCUT2D eigenvalue weighted by atomic mass is 32.2. The first kappa shape index (κ1) is 24.1. The highest BCUT2D eigenvalue weighted by Gasteiger charge is 2.23. The van der Waals surface area contributed by atoms with Crippen molar-refractivity contribution in [1.82, 2.24) is 5.32 Å². The first-order valence-corrected chi connectivity index (χ1v) is 10.8. The molecule has 1 amide bonds. The lowest BCUT2D eigenvalue weighted by Gasteiger charge is -2.17. The molecular weight excluding hydrogens is 420 g/mol. The largest absolute Gasteiger partial charge is 0.452 e. The molecule has 0 aromatic heterocycles. The predicted octanol–water partition coefficient (Wildman–Crippen LogP) is 3.87. The average molecular weight is 445 g/mol. The van der Waals surface area contributed by atoms with E-state index in [1.54, 1.807) is 18.4 Å². The van der Waals surface area contributed by atoms with Crippen LogP contribution >= 0.6 is 11.8 Å². The highest BCUT2D eigenvalue weighted by Crippen LogP contribution is 2.29. The molecular formula is C22H24N2O6S. The first-order chi connectivity index (χ1) is 14.6. The molecule has 1 atom stereocenters. The van der Waals surface area contributed by atoms with E-state index in [9.17, 15) is 24.5 Å². The Labute approximate surface area is 184 Å². The molecule has 31 heavy (non-hydrogen) atoms. The second-order valence-corrected chi connectivity index (χ2v) is 8.04. The third kappa shape index (κ3) is 6.14. The Morgan fingerprint density at radius 3 is 2.32 bits per heavy atom. The molecule has 0 unspecified atom stereocenters. The summed E-state index contributed by atoms with van der Waals surface area (Å²) in [5.41, 5.74) is -0.0916. The molecule has 9 heteroatoms. The van der Waals surface area contributed by atoms with Gasteiger partial charge in [0.25, 0.3) is 11.6 Å². The van der Waals surface area contributed by atoms with Gasteiger partial charge in [-0.3, -0.25) is 19.7 Å². The number of ketones is 1. The second kappa shape index (κ2) is 10.7. The number of nitrogens with one attached hydrogen (secondary N) is 1. The smallest absolute Gasteiger partial charge is 0.339 e. The van der Waals surface area contributed by atoms with E-state index in [0.717, 1.165) is 0 Å². The Hall–Kier alpha value is -3.20. The number of nitro groups is 1. The second-order valence-electron chi connectivity index (χ2n) is 7.19. The summed E-state index contributed by atoms with van der Waals surface area (Å²) in [6.45, 7) is 5.27. The summed E-state index contributed by atoms with van der Waals surface area (Å²) in [6, 6.07) is 10.1. The SMILES string of the molecule is CSc1ccc(C(=O)c2ccccc2C(=O)OCC(=O)N[C@@H](C)C(C)C)cc1[N+](=O)[O-]. The fraction of sp³-hybridized carbons (Fsp3) is 0.318. The Bertz CT molecular complexity index is 1010. The molecule has 0 bridgehead atoms. The van der Waals surface area contributed by atoms with Gasteiger partial charge in [-0.1, -0.05) is 32.0 Å². The van der Waals surface area contributed by atoms with E-state index in [1.807, 2.05) is 20.8 Å². The molecule has 0 spiro atoms. The minimum Gasteiger partial charge on any atom is -0.452 e. The summed E-state index contributed by atoms with van der Waals surface area (Å²) in [7, 11) is 0. The van der Waals surface area contributed by atoms with Crippen molar-refractivity contribution in [3.8, 4) is 0 Å². The molecule has 2 rings (SSSR count). The maximum absolute atomic E-state index is 13.0. The zero-order valence-electron chi connectivity index (χ0n) is 17.7. The summed E-state index contributed by atoms with van der Waals surface area (Å²) in [4.78, 5) is 48.7. The number of carbonyl (C=O) groups excluding carboxylic acids is 3. The van der Waals surface area contributed by atoms with Crippen LogP contribution in [0.2, 0.25) is 0 Å². The third-order valence-corrected chi connectivity index (χ3v) is 5.54. The number of nitro benzene ring substituents is 1. The van der Waals surface area contributed by atoms with Crippen LogP contribution in [-0.4, -0.2) is 41.5 Å². The van der Waals surface area contributed by atoms with Crippen molar-refractivity contribution in [3.05, 3.63) is 69.3 Å². The fourth-order valence-corrected chi connectivity index (χ4v) is 3.21. The van der Waals surface area contributed by atoms with Crippen LogP contribution < -0.4 is 5.32 Å². The Kier molecular flexibility index (Phi) is 8.32. The lowest BCUT2D eigenvalue weighted by atomic mass is 9.98. The molecule has 2 aromatic rings. The van der Waals surface area contributed by atoms with Gasteiger partial charge in [-0.2, -0.15) is 0 Å². The molecule has 0 heterocycles. The number of nitrogens with zero attached hydrogens (tertiary/aromatic N) is 1. The van der Waals surface area contributed by atoms with E-state index >= 15 is 0 Å². The van der Waals surface area contributed by atoms with Crippen molar-refractivity contribution >= 4 is 35.1 Å². The number of carbonyl (C=O) groups is 3. The van der Waals surface area contributed by atoms with Crippen LogP contribution in [0.4, 0.5) is 5.69 Å². The third-order valence-electron chi connectivity index (χ3n) is 4.75. The Balaban J connectivity index is 2.22. The highest BCUT2D eigenvalue weighted by molar-refractivity contribution is 7.98. The average Bonchev–Trinajstić information content (AvgIpc) is 2.76. The topological polar surface area (TPSA) is 116 Å². The molecule has 0 radical (unpaired) electrons. The first-order valence-electron chi connectivity index (χ1n) is 9.58. The van der Waals surface area contributed by atoms with Gasteiger partial charge in [0.05, 0.1) is 15.4 Å². The number of amides is 1. The molecule has 2 aromatic carbocycles. The van der Waals surface area contributed by atoms with Gasteiger partial charge in [-0.15, -0.1) is 11.8 Å². The van der Waals surface area contributed by atoms with Crippen LogP contribution in [0.3, 0.4) is 0 Å². The standard InChI is InChI=1S/C22H24N2O6S/c1-13(2)14(3)23-20(25)12-30-22(27)17-8-6-5-7-16(17)21(26)15-9-10-19(31-4)18(11-15)24(28)29/h5-11,13-14H,12H2,1-4H3,(H,23,25)/t14-/m0/s1. The molecule has 0 aliphatic rings. The molecule has 0 aliphatic heterocycles. The van der Waals surface area contributed by atoms with E-state index in [0.29, 0.717) is 4.90 Å². The number of ether oxygens (including phenoxy) is 1. The van der Waals surface area contributed by atoms with Crippen LogP contribution in [0.1, 0.15) is 47.1 Å². The number of thioether (sulfide) groups is 1. The zero-order chi connectivity index (χ0) is 23.1. The number of hydrogen-bond donors (Lipinski definition) is 1. The normalized spacial score (nSPS) is 11.6. The molecule has 164 valence electrons. The van der Waals surface area contributed by atoms with Crippen LogP contribution in [0.15, 0.2) is 47.4 Å². The van der Waals surface area contributed by atoms with Gasteiger partial charge in [-0.05, 0) is 37.3 Å². The van der Waals surface area contributed by atoms with Crippen molar-refractivity contribution in [3.63, 3.8) is 0 Å². The maximum Gasteiger partial charge on any atom is 0.339 e. The summed E-state index contributed by atoms with van der Waals surface area (Å²) in [5, 5.41) is 14.0. The fourth-order valence-electron chi connectivity index (χ4n) is 2.66. The Morgan fingerprint density at radius 1 is 1.10 bits per heavy atom. The molecule has 0 saturated carbocycles. The molecule has 0 aliphatic carbocycles. The van der Waals surface area contributed by atoms with E-state index < -0.39 is 29.2 Å². The molecule has 0 fully saturated rings. The quantitative estimate of drug-likeness (QED) is 0.205. The predicted molar refractivity (Wildman–Crippen MR) is 117 cm³/mol. The minimum atomic E-state index is -0.827. The monoisotopic (exact) mass is 444 g/mol. The zero-order valence-corrected chi connectivity index (χ0v) is 18.5. The number of benzene rings is 2. The van der Waals surface area contributed by atoms with Gasteiger partial charge in [0, 0.05) is 23.2 Å². The maximum atomic E-state index is 13.0. The van der Waals surface area contributed by atoms with Crippen molar-refractivity contribution in [1.29, 1.82) is 0 Å². The van der Waals surface area contributed by atoms with Crippen LogP contribution in [0.5, 0.6) is 0 Å². The van der Waals surface area contributed by atoms with E-state index in [4.69, 9.17) is 4.74 Å². The number of rotatable bonds is 9. The Morgan fingerprint density at radius 2 is 1.74 bits per heavy atom. The van der Waals surface area contributed by atoms with Gasteiger partial charge in [0.1, 0.15) is 0 Å². The molecule has 0 saturated heterocycles. The van der Waals surface area contributed by atoms with Crippen molar-refractivity contribution in [2.75, 3.05) is 12.9 Å². The summed E-state index contributed by atoms with van der Waals surface area (Å²) in [6.07, 6.45) is 1.70. The molecule has 1 N–H and O–H groups in total. The van der Waals surface area contributed by atoms with E-state index in [2.05, 4.69) is 5.32 Å². The number of esters is 1. The van der Waals surface area contributed by atoms with E-state index in [-0.39, 0.29) is 34.3 Å². The van der Waals surface area contributed by atoms with Gasteiger partial charge < -0.3 is 10.1 Å². The van der Waals surface area contributed by atoms with Gasteiger partial charge in [-0.25, -0.2) is 4.79 Å².